The molecular formula is C10H8N4O5. The Balaban J connectivity index is 3.06. The number of aliphatic carboxylic acids is 1. The standard InChI is InChI=1S/C10H8N4O5/c1-19-9-4-6(14(17)18)2-3-7(9)12-13-8(5-11)10(15)16/h2-4,8H,1H3,(H,15,16)/i/hD. The van der Waals surface area contributed by atoms with E-state index in [1.807, 2.05) is 0 Å². The third kappa shape index (κ3) is 3.47. The lowest BCUT2D eigenvalue weighted by atomic mass is 10.2. The molecule has 0 saturated carbocycles. The number of ether oxygens (including phenoxy) is 1. The maximum Gasteiger partial charge on any atom is 0.345 e. The van der Waals surface area contributed by atoms with Crippen molar-refractivity contribution in [1.29, 1.82) is 6.69 Å². The maximum atomic E-state index is 11.0. The van der Waals surface area contributed by atoms with Crippen LogP contribution >= 0.6 is 0 Å². The number of rotatable bonds is 5. The predicted molar refractivity (Wildman–Crippen MR) is 61.2 cm³/mol. The molecule has 0 saturated heterocycles. The van der Waals surface area contributed by atoms with Crippen molar-refractivity contribution in [2.45, 2.75) is 6.04 Å². The minimum atomic E-state index is -1.59. The van der Waals surface area contributed by atoms with Crippen LogP contribution in [0.15, 0.2) is 28.4 Å². The molecule has 0 aromatic heterocycles. The van der Waals surface area contributed by atoms with Crippen LogP contribution in [0, 0.1) is 21.4 Å². The Labute approximate surface area is 108 Å². The predicted octanol–water partition coefficient (Wildman–Crippen LogP) is 1.66. The molecule has 0 heterocycles. The molecule has 98 valence electrons. The highest BCUT2D eigenvalue weighted by Gasteiger charge is 2.16. The number of hydrogen-bond acceptors (Lipinski definition) is 8. The number of carboxylic acids is 1. The second kappa shape index (κ2) is 6.06. The molecule has 1 aromatic rings. The monoisotopic (exact) mass is 265 g/mol. The van der Waals surface area contributed by atoms with Crippen molar-refractivity contribution in [1.82, 2.24) is 0 Å². The average molecular weight is 265 g/mol. The van der Waals surface area contributed by atoms with E-state index >= 15 is 0 Å². The molecule has 1 unspecified atom stereocenters. The van der Waals surface area contributed by atoms with E-state index in [-0.39, 0.29) is 17.1 Å². The lowest BCUT2D eigenvalue weighted by Crippen LogP contribution is -2.14. The molecule has 1 atom stereocenters. The number of benzene rings is 1. The minimum absolute atomic E-state index is 0.0545. The summed E-state index contributed by atoms with van der Waals surface area (Å²) in [6.45, 7) is 0. The van der Waals surface area contributed by atoms with Crippen LogP contribution in [-0.4, -0.2) is 29.2 Å². The van der Waals surface area contributed by atoms with E-state index in [1.54, 1.807) is 0 Å². The van der Waals surface area contributed by atoms with E-state index in [0.717, 1.165) is 6.07 Å². The van der Waals surface area contributed by atoms with Crippen molar-refractivity contribution in [2.75, 3.05) is 7.11 Å². The van der Waals surface area contributed by atoms with E-state index < -0.39 is 16.9 Å². The Hall–Kier alpha value is -3.02. The first-order chi connectivity index (χ1) is 9.53. The van der Waals surface area contributed by atoms with Gasteiger partial charge in [-0.25, -0.2) is 4.79 Å². The average Bonchev–Trinajstić information content (AvgIpc) is 2.47. The number of carboxylic acid groups (broad SMARTS) is 1. The van der Waals surface area contributed by atoms with Gasteiger partial charge < -0.3 is 9.85 Å². The Morgan fingerprint density at radius 1 is 1.74 bits per heavy atom. The molecule has 0 bridgehead atoms. The van der Waals surface area contributed by atoms with E-state index in [2.05, 4.69) is 15.3 Å². The summed E-state index contributed by atoms with van der Waals surface area (Å²) in [5.41, 5.74) is -0.112. The van der Waals surface area contributed by atoms with Crippen LogP contribution in [-0.2, 0) is 4.79 Å². The van der Waals surface area contributed by atoms with Gasteiger partial charge in [0.2, 0.25) is 0 Å². The highest BCUT2D eigenvalue weighted by atomic mass is 16.6. The van der Waals surface area contributed by atoms with Gasteiger partial charge in [-0.3, -0.25) is 10.1 Å². The van der Waals surface area contributed by atoms with Crippen molar-refractivity contribution in [3.63, 3.8) is 0 Å². The summed E-state index contributed by atoms with van der Waals surface area (Å²) in [5, 5.41) is 29.8. The van der Waals surface area contributed by atoms with Crippen LogP contribution in [0.3, 0.4) is 0 Å². The Bertz CT molecular complexity index is 598. The molecule has 19 heavy (non-hydrogen) atoms. The first kappa shape index (κ1) is 12.4. The van der Waals surface area contributed by atoms with Gasteiger partial charge in [0, 0.05) is 6.07 Å². The largest absolute Gasteiger partial charge is 0.494 e. The van der Waals surface area contributed by atoms with Gasteiger partial charge in [0.15, 0.2) is 5.75 Å². The molecule has 0 amide bonds. The zero-order chi connectivity index (χ0) is 15.1. The maximum absolute atomic E-state index is 11.0. The molecule has 1 aromatic carbocycles. The van der Waals surface area contributed by atoms with Crippen molar-refractivity contribution in [3.8, 4) is 11.8 Å². The Kier molecular flexibility index (Phi) is 3.97. The minimum Gasteiger partial charge on any atom is -0.494 e. The molecule has 0 aliphatic heterocycles. The third-order valence-electron chi connectivity index (χ3n) is 2.00. The van der Waals surface area contributed by atoms with Crippen LogP contribution < -0.4 is 4.74 Å². The zero-order valence-electron chi connectivity index (χ0n) is 10.6. The fourth-order valence-electron chi connectivity index (χ4n) is 1.11. The van der Waals surface area contributed by atoms with Crippen LogP contribution in [0.1, 0.15) is 0 Å². The SMILES string of the molecule is [2H]OC(=O)C(C#N)N=Nc1ccc([N+](=O)[O-])cc1OC. The number of nitrogens with zero attached hydrogens (tertiary/aromatic N) is 4. The smallest absolute Gasteiger partial charge is 0.345 e. The van der Waals surface area contributed by atoms with E-state index in [0.29, 0.717) is 0 Å². The highest BCUT2D eigenvalue weighted by molar-refractivity contribution is 5.76. The van der Waals surface area contributed by atoms with Gasteiger partial charge in [0.05, 0.1) is 18.1 Å². The quantitative estimate of drug-likeness (QED) is 0.488. The number of non-ortho nitro benzene ring substituents is 1. The number of nitro groups is 1. The lowest BCUT2D eigenvalue weighted by Gasteiger charge is -2.03. The van der Waals surface area contributed by atoms with E-state index in [1.165, 1.54) is 25.3 Å². The van der Waals surface area contributed by atoms with Crippen molar-refractivity contribution < 1.29 is 19.6 Å². The second-order valence-electron chi connectivity index (χ2n) is 3.18. The van der Waals surface area contributed by atoms with Crippen LogP contribution in [0.2, 0.25) is 0 Å². The number of hydrogen-bond donors (Lipinski definition) is 1. The van der Waals surface area contributed by atoms with Crippen LogP contribution in [0.25, 0.3) is 1.43 Å². The Morgan fingerprint density at radius 3 is 3.00 bits per heavy atom. The molecule has 9 heteroatoms. The van der Waals surface area contributed by atoms with Crippen LogP contribution in [0.4, 0.5) is 11.4 Å². The fraction of sp³-hybridized carbons (Fsp3) is 0.200. The summed E-state index contributed by atoms with van der Waals surface area (Å²) in [6, 6.07) is 3.44. The molecule has 0 aliphatic rings. The summed E-state index contributed by atoms with van der Waals surface area (Å²) in [4.78, 5) is 20.9. The topological polar surface area (TPSA) is 138 Å². The molecule has 0 fully saturated rings. The van der Waals surface area contributed by atoms with Crippen LogP contribution in [0.5, 0.6) is 5.75 Å². The van der Waals surface area contributed by atoms with Gasteiger partial charge >= 0.3 is 5.97 Å². The summed E-state index contributed by atoms with van der Waals surface area (Å²) in [6.07, 6.45) is 0. The van der Waals surface area contributed by atoms with Crippen molar-refractivity contribution in [3.05, 3.63) is 28.3 Å². The summed E-state index contributed by atoms with van der Waals surface area (Å²) >= 11 is 0. The molecule has 0 spiro atoms. The first-order valence-electron chi connectivity index (χ1n) is 5.24. The molecule has 0 radical (unpaired) electrons. The van der Waals surface area contributed by atoms with E-state index in [9.17, 15) is 14.9 Å². The number of methoxy groups -OCH3 is 1. The van der Waals surface area contributed by atoms with Gasteiger partial charge in [-0.1, -0.05) is 0 Å². The number of azo groups is 1. The molecule has 9 nitrogen and oxygen atoms in total. The van der Waals surface area contributed by atoms with Gasteiger partial charge in [-0.15, -0.1) is 0 Å². The molecule has 0 aliphatic carbocycles. The molecular weight excluding hydrogens is 256 g/mol. The number of nitriles is 1. The van der Waals surface area contributed by atoms with Gasteiger partial charge in [0.1, 0.15) is 11.8 Å². The Morgan fingerprint density at radius 2 is 2.47 bits per heavy atom. The summed E-state index contributed by atoms with van der Waals surface area (Å²) in [7, 11) is 1.28. The van der Waals surface area contributed by atoms with Gasteiger partial charge in [-0.05, 0) is 6.07 Å². The molecule has 1 rings (SSSR count). The van der Waals surface area contributed by atoms with E-state index in [4.69, 9.17) is 11.4 Å². The van der Waals surface area contributed by atoms with Gasteiger partial charge in [-0.2, -0.15) is 15.5 Å². The number of carbonyl (C=O) groups is 1. The highest BCUT2D eigenvalue weighted by Crippen LogP contribution is 2.31. The normalized spacial score (nSPS) is 12.3. The molecule has 1 N–H and O–H groups in total. The summed E-state index contributed by atoms with van der Waals surface area (Å²) in [5.74, 6) is -1.13. The lowest BCUT2D eigenvalue weighted by molar-refractivity contribution is -0.384. The third-order valence-corrected chi connectivity index (χ3v) is 2.00. The first-order valence-corrected chi connectivity index (χ1v) is 4.83. The van der Waals surface area contributed by atoms with Gasteiger partial charge in [0.25, 0.3) is 13.2 Å². The zero-order valence-corrected chi connectivity index (χ0v) is 9.64. The fourth-order valence-corrected chi connectivity index (χ4v) is 1.11. The van der Waals surface area contributed by atoms with Crippen molar-refractivity contribution in [2.24, 2.45) is 10.2 Å². The summed E-state index contributed by atoms with van der Waals surface area (Å²) < 4.78 is 11.3. The second-order valence-corrected chi connectivity index (χ2v) is 3.18. The van der Waals surface area contributed by atoms with Crippen molar-refractivity contribution >= 4 is 17.3 Å². The number of nitro benzene ring substituents is 1.